The van der Waals surface area contributed by atoms with Crippen molar-refractivity contribution in [2.45, 2.75) is 40.2 Å². The van der Waals surface area contributed by atoms with Gasteiger partial charge in [0.15, 0.2) is 6.04 Å². The Morgan fingerprint density at radius 1 is 1.18 bits per heavy atom. The molecule has 0 bridgehead atoms. The number of benzene rings is 1. The summed E-state index contributed by atoms with van der Waals surface area (Å²) < 4.78 is 2.40. The van der Waals surface area contributed by atoms with Gasteiger partial charge in [0, 0.05) is 18.1 Å². The van der Waals surface area contributed by atoms with Crippen molar-refractivity contribution in [2.24, 2.45) is 0 Å². The van der Waals surface area contributed by atoms with E-state index in [0.29, 0.717) is 6.04 Å². The summed E-state index contributed by atoms with van der Waals surface area (Å²) >= 11 is 0. The van der Waals surface area contributed by atoms with Gasteiger partial charge in [-0.15, -0.1) is 0 Å². The first-order valence-corrected chi connectivity index (χ1v) is 6.33. The van der Waals surface area contributed by atoms with E-state index in [1.54, 1.807) is 0 Å². The quantitative estimate of drug-likeness (QED) is 0.647. The highest BCUT2D eigenvalue weighted by molar-refractivity contribution is 6.07. The van der Waals surface area contributed by atoms with Gasteiger partial charge < -0.3 is 0 Å². The van der Waals surface area contributed by atoms with Gasteiger partial charge in [-0.2, -0.15) is 0 Å². The standard InChI is InChI=1S/C16H22N/c1-11-6-7-13(3)15(9-11)16-10-12(2)8-14(4)17(16)5/h6-7,9-10,14H,8H2,1-5H3/q+1. The van der Waals surface area contributed by atoms with Gasteiger partial charge in [0.25, 0.3) is 0 Å². The Morgan fingerprint density at radius 2 is 1.88 bits per heavy atom. The maximum absolute atomic E-state index is 2.40. The second kappa shape index (κ2) is 4.48. The van der Waals surface area contributed by atoms with Crippen LogP contribution in [0.15, 0.2) is 29.8 Å². The summed E-state index contributed by atoms with van der Waals surface area (Å²) in [6.07, 6.45) is 3.51. The summed E-state index contributed by atoms with van der Waals surface area (Å²) in [5, 5.41) is 0. The van der Waals surface area contributed by atoms with E-state index >= 15 is 0 Å². The van der Waals surface area contributed by atoms with E-state index in [4.69, 9.17) is 0 Å². The fraction of sp³-hybridized carbons (Fsp3) is 0.438. The Labute approximate surface area is 104 Å². The molecule has 0 aromatic heterocycles. The number of rotatable bonds is 1. The van der Waals surface area contributed by atoms with E-state index in [0.717, 1.165) is 0 Å². The van der Waals surface area contributed by atoms with Crippen LogP contribution in [0.3, 0.4) is 0 Å². The minimum atomic E-state index is 0.593. The van der Waals surface area contributed by atoms with E-state index < -0.39 is 0 Å². The van der Waals surface area contributed by atoms with Crippen molar-refractivity contribution in [3.63, 3.8) is 0 Å². The van der Waals surface area contributed by atoms with Crippen molar-refractivity contribution in [3.8, 4) is 0 Å². The Balaban J connectivity index is 2.59. The molecule has 17 heavy (non-hydrogen) atoms. The van der Waals surface area contributed by atoms with Crippen molar-refractivity contribution in [3.05, 3.63) is 46.5 Å². The highest BCUT2D eigenvalue weighted by atomic mass is 15.0. The van der Waals surface area contributed by atoms with Gasteiger partial charge in [0.1, 0.15) is 7.05 Å². The van der Waals surface area contributed by atoms with Crippen LogP contribution in [-0.2, 0) is 0 Å². The molecular formula is C16H22N+. The minimum absolute atomic E-state index is 0.593. The zero-order valence-electron chi connectivity index (χ0n) is 11.5. The predicted molar refractivity (Wildman–Crippen MR) is 74.0 cm³/mol. The first-order valence-electron chi connectivity index (χ1n) is 6.33. The average molecular weight is 228 g/mol. The highest BCUT2D eigenvalue weighted by Crippen LogP contribution is 2.19. The molecule has 1 nitrogen and oxygen atoms in total. The molecule has 0 N–H and O–H groups in total. The van der Waals surface area contributed by atoms with Gasteiger partial charge in [0.05, 0.1) is 0 Å². The molecule has 1 aromatic carbocycles. The molecule has 1 heterocycles. The van der Waals surface area contributed by atoms with Gasteiger partial charge in [-0.3, -0.25) is 0 Å². The second-order valence-electron chi connectivity index (χ2n) is 5.36. The van der Waals surface area contributed by atoms with E-state index in [-0.39, 0.29) is 0 Å². The third kappa shape index (κ3) is 2.33. The van der Waals surface area contributed by atoms with Crippen LogP contribution in [0.1, 0.15) is 37.0 Å². The van der Waals surface area contributed by atoms with Gasteiger partial charge in [-0.05, 0) is 39.3 Å². The van der Waals surface area contributed by atoms with Gasteiger partial charge in [-0.1, -0.05) is 23.3 Å². The molecule has 0 saturated carbocycles. The molecule has 1 atom stereocenters. The number of hydrogen-bond donors (Lipinski definition) is 0. The van der Waals surface area contributed by atoms with E-state index in [1.165, 1.54) is 34.4 Å². The molecule has 0 radical (unpaired) electrons. The lowest BCUT2D eigenvalue weighted by Gasteiger charge is -2.18. The lowest BCUT2D eigenvalue weighted by molar-refractivity contribution is -0.533. The van der Waals surface area contributed by atoms with Gasteiger partial charge in [-0.25, -0.2) is 4.58 Å². The summed E-state index contributed by atoms with van der Waals surface area (Å²) in [6.45, 7) is 8.88. The van der Waals surface area contributed by atoms with Crippen LogP contribution in [0, 0.1) is 13.8 Å². The Hall–Kier alpha value is -1.37. The molecule has 0 amide bonds. The van der Waals surface area contributed by atoms with E-state index in [1.807, 2.05) is 0 Å². The molecule has 1 unspecified atom stereocenters. The van der Waals surface area contributed by atoms with Crippen LogP contribution in [0.25, 0.3) is 0 Å². The van der Waals surface area contributed by atoms with Crippen LogP contribution in [0.2, 0.25) is 0 Å². The minimum Gasteiger partial charge on any atom is -0.229 e. The fourth-order valence-electron chi connectivity index (χ4n) is 2.51. The van der Waals surface area contributed by atoms with Crippen molar-refractivity contribution in [1.82, 2.24) is 0 Å². The molecule has 0 fully saturated rings. The normalized spacial score (nSPS) is 20.5. The maximum atomic E-state index is 2.40. The van der Waals surface area contributed by atoms with Crippen LogP contribution in [0.5, 0.6) is 0 Å². The van der Waals surface area contributed by atoms with Crippen LogP contribution >= 0.6 is 0 Å². The summed E-state index contributed by atoms with van der Waals surface area (Å²) in [7, 11) is 2.20. The van der Waals surface area contributed by atoms with E-state index in [2.05, 4.69) is 63.6 Å². The van der Waals surface area contributed by atoms with Crippen LogP contribution in [0.4, 0.5) is 0 Å². The van der Waals surface area contributed by atoms with Crippen molar-refractivity contribution in [1.29, 1.82) is 0 Å². The number of allylic oxidation sites excluding steroid dienone is 1. The Bertz CT molecular complexity index is 506. The lowest BCUT2D eigenvalue weighted by atomic mass is 9.95. The topological polar surface area (TPSA) is 3.01 Å². The molecule has 2 rings (SSSR count). The maximum Gasteiger partial charge on any atom is 0.207 e. The third-order valence-corrected chi connectivity index (χ3v) is 3.71. The molecule has 0 saturated heterocycles. The van der Waals surface area contributed by atoms with Crippen molar-refractivity contribution in [2.75, 3.05) is 7.05 Å². The summed E-state index contributed by atoms with van der Waals surface area (Å²) in [5.41, 5.74) is 6.90. The van der Waals surface area contributed by atoms with Crippen molar-refractivity contribution < 1.29 is 4.58 Å². The zero-order chi connectivity index (χ0) is 12.6. The molecule has 0 aliphatic carbocycles. The van der Waals surface area contributed by atoms with Gasteiger partial charge >= 0.3 is 0 Å². The second-order valence-corrected chi connectivity index (χ2v) is 5.36. The Morgan fingerprint density at radius 3 is 2.59 bits per heavy atom. The summed E-state index contributed by atoms with van der Waals surface area (Å²) in [6, 6.07) is 7.29. The van der Waals surface area contributed by atoms with Crippen LogP contribution in [-0.4, -0.2) is 23.4 Å². The van der Waals surface area contributed by atoms with Crippen molar-refractivity contribution >= 4 is 5.71 Å². The molecule has 1 aliphatic rings. The first-order chi connectivity index (χ1) is 7.99. The van der Waals surface area contributed by atoms with Crippen LogP contribution < -0.4 is 0 Å². The molecule has 0 spiro atoms. The van der Waals surface area contributed by atoms with Gasteiger partial charge in [0.2, 0.25) is 5.71 Å². The third-order valence-electron chi connectivity index (χ3n) is 3.71. The molecule has 1 aromatic rings. The molecular weight excluding hydrogens is 206 g/mol. The smallest absolute Gasteiger partial charge is 0.207 e. The molecule has 90 valence electrons. The first kappa shape index (κ1) is 12.1. The fourth-order valence-corrected chi connectivity index (χ4v) is 2.51. The molecule has 1 aliphatic heterocycles. The number of hydrogen-bond acceptors (Lipinski definition) is 0. The largest absolute Gasteiger partial charge is 0.229 e. The highest BCUT2D eigenvalue weighted by Gasteiger charge is 2.24. The predicted octanol–water partition coefficient (Wildman–Crippen LogP) is 3.47. The lowest BCUT2D eigenvalue weighted by Crippen LogP contribution is -2.30. The Kier molecular flexibility index (Phi) is 3.19. The summed E-state index contributed by atoms with van der Waals surface area (Å²) in [5.74, 6) is 0. The average Bonchev–Trinajstić information content (AvgIpc) is 2.27. The number of nitrogens with zero attached hydrogens (tertiary/aromatic N) is 1. The van der Waals surface area contributed by atoms with E-state index in [9.17, 15) is 0 Å². The SMILES string of the molecule is CC1=CC(c2cc(C)ccc2C)=[N+](C)C(C)C1. The monoisotopic (exact) mass is 228 g/mol. The summed E-state index contributed by atoms with van der Waals surface area (Å²) in [4.78, 5) is 0. The number of aryl methyl sites for hydroxylation is 2. The zero-order valence-corrected chi connectivity index (χ0v) is 11.5. The molecule has 1 heteroatoms.